The van der Waals surface area contributed by atoms with Crippen molar-refractivity contribution in [2.45, 2.75) is 32.2 Å². The lowest BCUT2D eigenvalue weighted by molar-refractivity contribution is 0.243. The quantitative estimate of drug-likeness (QED) is 0.827. The predicted molar refractivity (Wildman–Crippen MR) is 61.5 cm³/mol. The van der Waals surface area contributed by atoms with Crippen LogP contribution in [0.5, 0.6) is 0 Å². The number of hydrogen-bond donors (Lipinski definition) is 1. The molecule has 1 N–H and O–H groups in total. The maximum atomic E-state index is 13.2. The molecule has 1 aromatic rings. The Labute approximate surface area is 95.1 Å². The van der Waals surface area contributed by atoms with Gasteiger partial charge in [0.25, 0.3) is 0 Å². The van der Waals surface area contributed by atoms with Crippen molar-refractivity contribution in [3.05, 3.63) is 29.6 Å². The zero-order chi connectivity index (χ0) is 11.8. The van der Waals surface area contributed by atoms with E-state index in [1.807, 2.05) is 13.0 Å². The highest BCUT2D eigenvalue weighted by atomic mass is 19.1. The van der Waals surface area contributed by atoms with Crippen LogP contribution >= 0.6 is 0 Å². The molecule has 0 bridgehead atoms. The van der Waals surface area contributed by atoms with Gasteiger partial charge < -0.3 is 5.32 Å². The first-order valence-corrected chi connectivity index (χ1v) is 5.50. The van der Waals surface area contributed by atoms with Gasteiger partial charge >= 0.3 is 0 Å². The molecule has 0 saturated heterocycles. The summed E-state index contributed by atoms with van der Waals surface area (Å²) < 4.78 is 13.2. The lowest BCUT2D eigenvalue weighted by Gasteiger charge is -2.42. The summed E-state index contributed by atoms with van der Waals surface area (Å²) >= 11 is 0. The minimum Gasteiger partial charge on any atom is -0.367 e. The van der Waals surface area contributed by atoms with Crippen molar-refractivity contribution in [2.75, 3.05) is 5.32 Å². The van der Waals surface area contributed by atoms with Crippen LogP contribution in [0, 0.1) is 30.0 Å². The van der Waals surface area contributed by atoms with Crippen molar-refractivity contribution in [3.63, 3.8) is 0 Å². The Bertz CT molecular complexity index is 421. The average Bonchev–Trinajstić information content (AvgIpc) is 2.13. The van der Waals surface area contributed by atoms with Crippen LogP contribution in [0.2, 0.25) is 0 Å². The molecule has 2 rings (SSSR count). The van der Waals surface area contributed by atoms with Gasteiger partial charge in [-0.3, -0.25) is 0 Å². The summed E-state index contributed by atoms with van der Waals surface area (Å²) in [6.07, 6.45) is 1.66. The number of nitrogens with zero attached hydrogens (tertiary/aromatic N) is 1. The van der Waals surface area contributed by atoms with E-state index in [-0.39, 0.29) is 5.82 Å². The zero-order valence-electron chi connectivity index (χ0n) is 9.55. The van der Waals surface area contributed by atoms with Crippen molar-refractivity contribution in [2.24, 2.45) is 5.92 Å². The van der Waals surface area contributed by atoms with E-state index < -0.39 is 5.54 Å². The van der Waals surface area contributed by atoms with Crippen molar-refractivity contribution >= 4 is 5.69 Å². The van der Waals surface area contributed by atoms with Gasteiger partial charge in [-0.2, -0.15) is 5.26 Å². The molecule has 0 amide bonds. The molecule has 0 unspecified atom stereocenters. The Morgan fingerprint density at radius 1 is 1.44 bits per heavy atom. The molecule has 1 saturated carbocycles. The fourth-order valence-electron chi connectivity index (χ4n) is 2.44. The Kier molecular flexibility index (Phi) is 2.59. The van der Waals surface area contributed by atoms with Gasteiger partial charge in [0.2, 0.25) is 0 Å². The van der Waals surface area contributed by atoms with Crippen molar-refractivity contribution in [3.8, 4) is 6.07 Å². The SMILES string of the molecule is Cc1cc(F)cc(NC2(C#N)CC(C)C2)c1. The lowest BCUT2D eigenvalue weighted by atomic mass is 9.70. The number of aryl methyl sites for hydroxylation is 1. The van der Waals surface area contributed by atoms with Crippen LogP contribution in [-0.4, -0.2) is 5.54 Å². The molecule has 1 aliphatic rings. The molecular formula is C13H15FN2. The Hall–Kier alpha value is -1.56. The minimum absolute atomic E-state index is 0.261. The van der Waals surface area contributed by atoms with Gasteiger partial charge in [-0.15, -0.1) is 0 Å². The maximum Gasteiger partial charge on any atom is 0.125 e. The van der Waals surface area contributed by atoms with Crippen LogP contribution in [0.15, 0.2) is 18.2 Å². The summed E-state index contributed by atoms with van der Waals surface area (Å²) in [6, 6.07) is 7.08. The van der Waals surface area contributed by atoms with Crippen LogP contribution < -0.4 is 5.32 Å². The molecule has 16 heavy (non-hydrogen) atoms. The third-order valence-electron chi connectivity index (χ3n) is 3.03. The van der Waals surface area contributed by atoms with E-state index in [2.05, 4.69) is 18.3 Å². The van der Waals surface area contributed by atoms with E-state index in [4.69, 9.17) is 5.26 Å². The lowest BCUT2D eigenvalue weighted by Crippen LogP contribution is -2.48. The second-order valence-corrected chi connectivity index (χ2v) is 4.85. The summed E-state index contributed by atoms with van der Waals surface area (Å²) in [5, 5.41) is 12.3. The van der Waals surface area contributed by atoms with E-state index in [0.29, 0.717) is 11.6 Å². The number of hydrogen-bond acceptors (Lipinski definition) is 2. The van der Waals surface area contributed by atoms with Crippen LogP contribution in [0.1, 0.15) is 25.3 Å². The molecule has 84 valence electrons. The van der Waals surface area contributed by atoms with Gasteiger partial charge in [-0.25, -0.2) is 4.39 Å². The third-order valence-corrected chi connectivity index (χ3v) is 3.03. The molecule has 0 aliphatic heterocycles. The normalized spacial score (nSPS) is 28.0. The second-order valence-electron chi connectivity index (χ2n) is 4.85. The molecule has 0 atom stereocenters. The molecule has 0 radical (unpaired) electrons. The third kappa shape index (κ3) is 2.01. The van der Waals surface area contributed by atoms with Gasteiger partial charge in [0, 0.05) is 5.69 Å². The first kappa shape index (κ1) is 10.9. The number of halogens is 1. The molecule has 0 aromatic heterocycles. The molecule has 1 fully saturated rings. The standard InChI is InChI=1S/C13H15FN2/c1-9-3-11(14)5-12(4-9)16-13(8-15)6-10(2)7-13/h3-5,10,16H,6-7H2,1-2H3. The number of nitriles is 1. The fourth-order valence-corrected chi connectivity index (χ4v) is 2.44. The first-order valence-electron chi connectivity index (χ1n) is 5.50. The number of rotatable bonds is 2. The van der Waals surface area contributed by atoms with E-state index in [9.17, 15) is 4.39 Å². The Morgan fingerprint density at radius 3 is 2.62 bits per heavy atom. The highest BCUT2D eigenvalue weighted by Crippen LogP contribution is 2.39. The van der Waals surface area contributed by atoms with Gasteiger partial charge in [0.15, 0.2) is 0 Å². The number of anilines is 1. The van der Waals surface area contributed by atoms with Crippen LogP contribution in [0.4, 0.5) is 10.1 Å². The van der Waals surface area contributed by atoms with Crippen molar-refractivity contribution < 1.29 is 4.39 Å². The fraction of sp³-hybridized carbons (Fsp3) is 0.462. The van der Waals surface area contributed by atoms with Gasteiger partial charge in [-0.1, -0.05) is 6.92 Å². The zero-order valence-corrected chi connectivity index (χ0v) is 9.55. The van der Waals surface area contributed by atoms with E-state index in [1.165, 1.54) is 12.1 Å². The predicted octanol–water partition coefficient (Wildman–Crippen LogP) is 3.24. The molecule has 3 heteroatoms. The summed E-state index contributed by atoms with van der Waals surface area (Å²) in [6.45, 7) is 3.96. The van der Waals surface area contributed by atoms with E-state index in [1.54, 1.807) is 0 Å². The summed E-state index contributed by atoms with van der Waals surface area (Å²) in [5.74, 6) is 0.310. The highest BCUT2D eigenvalue weighted by Gasteiger charge is 2.42. The maximum absolute atomic E-state index is 13.2. The Morgan fingerprint density at radius 2 is 2.12 bits per heavy atom. The minimum atomic E-state index is -0.486. The summed E-state index contributed by atoms with van der Waals surface area (Å²) in [5.41, 5.74) is 1.08. The molecular weight excluding hydrogens is 203 g/mol. The molecule has 1 aliphatic carbocycles. The topological polar surface area (TPSA) is 35.8 Å². The average molecular weight is 218 g/mol. The second kappa shape index (κ2) is 3.79. The smallest absolute Gasteiger partial charge is 0.125 e. The van der Waals surface area contributed by atoms with E-state index >= 15 is 0 Å². The monoisotopic (exact) mass is 218 g/mol. The van der Waals surface area contributed by atoms with Gasteiger partial charge in [0.05, 0.1) is 6.07 Å². The van der Waals surface area contributed by atoms with Gasteiger partial charge in [0.1, 0.15) is 11.4 Å². The molecule has 1 aromatic carbocycles. The summed E-state index contributed by atoms with van der Waals surface area (Å²) in [7, 11) is 0. The van der Waals surface area contributed by atoms with Crippen molar-refractivity contribution in [1.29, 1.82) is 5.26 Å². The number of benzene rings is 1. The largest absolute Gasteiger partial charge is 0.367 e. The van der Waals surface area contributed by atoms with Crippen LogP contribution in [0.3, 0.4) is 0 Å². The number of nitrogens with one attached hydrogen (secondary N) is 1. The van der Waals surface area contributed by atoms with Gasteiger partial charge in [-0.05, 0) is 49.4 Å². The highest BCUT2D eigenvalue weighted by molar-refractivity contribution is 5.51. The first-order chi connectivity index (χ1) is 7.53. The molecule has 2 nitrogen and oxygen atoms in total. The van der Waals surface area contributed by atoms with Crippen LogP contribution in [-0.2, 0) is 0 Å². The van der Waals surface area contributed by atoms with Crippen LogP contribution in [0.25, 0.3) is 0 Å². The Balaban J connectivity index is 2.18. The summed E-state index contributed by atoms with van der Waals surface area (Å²) in [4.78, 5) is 0. The molecule has 0 spiro atoms. The van der Waals surface area contributed by atoms with Crippen molar-refractivity contribution in [1.82, 2.24) is 0 Å². The molecule has 0 heterocycles. The van der Waals surface area contributed by atoms with E-state index in [0.717, 1.165) is 18.4 Å².